The van der Waals surface area contributed by atoms with Gasteiger partial charge in [0.2, 0.25) is 0 Å². The zero-order chi connectivity index (χ0) is 30.3. The van der Waals surface area contributed by atoms with Gasteiger partial charge >= 0.3 is 6.09 Å². The molecule has 2 N–H and O–H groups in total. The van der Waals surface area contributed by atoms with Gasteiger partial charge in [0.05, 0.1) is 11.1 Å². The first-order valence-electron chi connectivity index (χ1n) is 13.2. The molecule has 0 radical (unpaired) electrons. The summed E-state index contributed by atoms with van der Waals surface area (Å²) in [5, 5.41) is 0.449. The summed E-state index contributed by atoms with van der Waals surface area (Å²) in [6.07, 6.45) is 3.04. The molecule has 41 heavy (non-hydrogen) atoms. The van der Waals surface area contributed by atoms with Crippen molar-refractivity contribution < 1.29 is 18.7 Å². The van der Waals surface area contributed by atoms with Crippen LogP contribution < -0.4 is 5.73 Å². The van der Waals surface area contributed by atoms with Gasteiger partial charge in [-0.2, -0.15) is 0 Å². The predicted octanol–water partition coefficient (Wildman–Crippen LogP) is 5.42. The number of nitrogens with two attached hydrogens (primary N) is 1. The Balaban J connectivity index is 1.87. The maximum atomic E-state index is 15.5. The fourth-order valence-corrected chi connectivity index (χ4v) is 5.36. The van der Waals surface area contributed by atoms with E-state index in [1.54, 1.807) is 63.7 Å². The van der Waals surface area contributed by atoms with Crippen molar-refractivity contribution in [1.29, 1.82) is 0 Å². The van der Waals surface area contributed by atoms with E-state index in [4.69, 9.17) is 22.1 Å². The van der Waals surface area contributed by atoms with Crippen LogP contribution in [0.3, 0.4) is 0 Å². The summed E-state index contributed by atoms with van der Waals surface area (Å²) in [7, 11) is 4.96. The summed E-state index contributed by atoms with van der Waals surface area (Å²) in [4.78, 5) is 38.7. The van der Waals surface area contributed by atoms with E-state index in [9.17, 15) is 9.59 Å². The Morgan fingerprint density at radius 2 is 1.93 bits per heavy atom. The fraction of sp³-hybridized carbons (Fsp3) is 0.400. The first kappa shape index (κ1) is 30.0. The molecule has 2 heterocycles. The van der Waals surface area contributed by atoms with Gasteiger partial charge in [-0.15, -0.1) is 0 Å². The first-order valence-corrected chi connectivity index (χ1v) is 13.6. The largest absolute Gasteiger partial charge is 0.447 e. The molecule has 218 valence electrons. The predicted molar refractivity (Wildman–Crippen MR) is 157 cm³/mol. The third kappa shape index (κ3) is 5.93. The summed E-state index contributed by atoms with van der Waals surface area (Å²) in [6, 6.07) is 9.06. The number of hydrogen-bond donors (Lipinski definition) is 1. The molecule has 0 saturated heterocycles. The summed E-state index contributed by atoms with van der Waals surface area (Å²) in [6.45, 7) is 7.41. The van der Waals surface area contributed by atoms with Crippen molar-refractivity contribution in [3.8, 4) is 11.4 Å². The van der Waals surface area contributed by atoms with Crippen molar-refractivity contribution in [3.05, 3.63) is 76.3 Å². The molecule has 4 rings (SSSR count). The van der Waals surface area contributed by atoms with E-state index in [0.29, 0.717) is 27.5 Å². The Kier molecular flexibility index (Phi) is 8.18. The normalized spacial score (nSPS) is 17.9. The molecule has 3 aromatic rings. The number of benzene rings is 2. The number of rotatable bonds is 7. The molecular weight excluding hydrogens is 547 g/mol. The number of halogens is 2. The van der Waals surface area contributed by atoms with E-state index in [2.05, 4.69) is 9.98 Å². The van der Waals surface area contributed by atoms with Crippen LogP contribution in [-0.4, -0.2) is 58.0 Å². The number of aryl methyl sites for hydroxylation is 2. The van der Waals surface area contributed by atoms with Gasteiger partial charge in [0, 0.05) is 44.7 Å². The Morgan fingerprint density at radius 1 is 1.22 bits per heavy atom. The molecule has 2 amide bonds. The number of amides is 2. The highest BCUT2D eigenvalue weighted by Crippen LogP contribution is 2.46. The summed E-state index contributed by atoms with van der Waals surface area (Å²) in [5.41, 5.74) is 6.53. The zero-order valence-corrected chi connectivity index (χ0v) is 25.2. The van der Waals surface area contributed by atoms with Crippen LogP contribution in [0.15, 0.2) is 53.8 Å². The van der Waals surface area contributed by atoms with Gasteiger partial charge in [0.25, 0.3) is 5.91 Å². The maximum Gasteiger partial charge on any atom is 0.409 e. The van der Waals surface area contributed by atoms with Crippen LogP contribution >= 0.6 is 11.6 Å². The number of guanidine groups is 1. The van der Waals surface area contributed by atoms with Gasteiger partial charge in [0.15, 0.2) is 11.5 Å². The summed E-state index contributed by atoms with van der Waals surface area (Å²) < 4.78 is 22.9. The fourth-order valence-electron chi connectivity index (χ4n) is 5.16. The monoisotopic (exact) mass is 582 g/mol. The highest BCUT2D eigenvalue weighted by Gasteiger charge is 2.54. The molecule has 0 fully saturated rings. The second kappa shape index (κ2) is 11.2. The minimum absolute atomic E-state index is 0.0985. The van der Waals surface area contributed by atoms with E-state index < -0.39 is 34.8 Å². The Bertz CT molecular complexity index is 1510. The number of nitrogens with zero attached hydrogens (tertiary/aromatic N) is 5. The molecule has 11 heteroatoms. The smallest absolute Gasteiger partial charge is 0.409 e. The molecule has 1 aromatic heterocycles. The molecule has 0 saturated carbocycles. The molecule has 0 spiro atoms. The van der Waals surface area contributed by atoms with Crippen molar-refractivity contribution in [2.24, 2.45) is 23.2 Å². The minimum Gasteiger partial charge on any atom is -0.447 e. The summed E-state index contributed by atoms with van der Waals surface area (Å²) >= 11 is 6.56. The van der Waals surface area contributed by atoms with Crippen molar-refractivity contribution in [2.75, 3.05) is 20.7 Å². The molecular formula is C30H36ClFN6O3. The van der Waals surface area contributed by atoms with E-state index >= 15 is 4.39 Å². The van der Waals surface area contributed by atoms with Crippen LogP contribution in [0.1, 0.15) is 49.9 Å². The van der Waals surface area contributed by atoms with E-state index in [0.717, 1.165) is 0 Å². The van der Waals surface area contributed by atoms with Crippen LogP contribution in [0.25, 0.3) is 11.4 Å². The molecule has 2 atom stereocenters. The molecule has 2 aromatic carbocycles. The minimum atomic E-state index is -1.61. The van der Waals surface area contributed by atoms with Crippen LogP contribution in [-0.2, 0) is 22.1 Å². The number of aliphatic imine (C=N–C) groups is 1. The van der Waals surface area contributed by atoms with Gasteiger partial charge in [-0.05, 0) is 48.1 Å². The Hall–Kier alpha value is -3.92. The Labute approximate surface area is 244 Å². The van der Waals surface area contributed by atoms with Gasteiger partial charge < -0.3 is 19.9 Å². The van der Waals surface area contributed by atoms with Crippen molar-refractivity contribution in [1.82, 2.24) is 19.4 Å². The number of carbonyl (C=O) groups excluding carboxylic acids is 2. The standard InChI is InChI=1S/C30H36ClFN6O3/c1-18-8-10-21(23(32)14-18)30(17-29(2,3)4)26(39)38(27(33)35-30)24(16-41-28(40)36(5)6)19-9-11-22(31)20(15-19)25-34-12-13-37(25)7/h8-15,24H,16-17H2,1-7H3,(H2,33,35)/t24-,30-/m1/s1. The van der Waals surface area contributed by atoms with E-state index in [1.165, 1.54) is 15.9 Å². The van der Waals surface area contributed by atoms with E-state index in [-0.39, 0.29) is 24.6 Å². The SMILES string of the molecule is Cc1ccc([C@@]2(CC(C)(C)C)N=C(N)N([C@H](COC(=O)N(C)C)c3ccc(Cl)c(-c4nccn4C)c3)C2=O)c(F)c1. The van der Waals surface area contributed by atoms with Crippen molar-refractivity contribution in [3.63, 3.8) is 0 Å². The molecule has 1 aliphatic heterocycles. The number of ether oxygens (including phenoxy) is 1. The van der Waals surface area contributed by atoms with E-state index in [1.807, 2.05) is 32.4 Å². The molecule has 0 aliphatic carbocycles. The van der Waals surface area contributed by atoms with Crippen LogP contribution in [0.2, 0.25) is 5.02 Å². The van der Waals surface area contributed by atoms with Crippen LogP contribution in [0.5, 0.6) is 0 Å². The van der Waals surface area contributed by atoms with Crippen LogP contribution in [0.4, 0.5) is 9.18 Å². The van der Waals surface area contributed by atoms with Crippen LogP contribution in [0, 0.1) is 18.2 Å². The topological polar surface area (TPSA) is 106 Å². The lowest BCUT2D eigenvalue weighted by atomic mass is 9.75. The molecule has 0 bridgehead atoms. The van der Waals surface area contributed by atoms with Gasteiger partial charge in [-0.1, -0.05) is 50.6 Å². The van der Waals surface area contributed by atoms with Crippen molar-refractivity contribution in [2.45, 2.75) is 45.7 Å². The lowest BCUT2D eigenvalue weighted by Crippen LogP contribution is -2.48. The molecule has 0 unspecified atom stereocenters. The number of aromatic nitrogens is 2. The third-order valence-electron chi connectivity index (χ3n) is 6.96. The second-order valence-electron chi connectivity index (χ2n) is 11.8. The summed E-state index contributed by atoms with van der Waals surface area (Å²) in [5.74, 6) is -0.537. The van der Waals surface area contributed by atoms with Gasteiger partial charge in [-0.3, -0.25) is 9.69 Å². The number of hydrogen-bond acceptors (Lipinski definition) is 6. The average Bonchev–Trinajstić information content (AvgIpc) is 3.39. The molecule has 9 nitrogen and oxygen atoms in total. The molecule has 1 aliphatic rings. The zero-order valence-electron chi connectivity index (χ0n) is 24.4. The highest BCUT2D eigenvalue weighted by molar-refractivity contribution is 6.33. The quantitative estimate of drug-likeness (QED) is 0.401. The number of imidazole rings is 1. The van der Waals surface area contributed by atoms with Gasteiger partial charge in [0.1, 0.15) is 18.2 Å². The van der Waals surface area contributed by atoms with Gasteiger partial charge in [-0.25, -0.2) is 19.2 Å². The maximum absolute atomic E-state index is 15.5. The highest BCUT2D eigenvalue weighted by atomic mass is 35.5. The van der Waals surface area contributed by atoms with Crippen molar-refractivity contribution >= 4 is 29.6 Å². The lowest BCUT2D eigenvalue weighted by Gasteiger charge is -2.35. The average molecular weight is 583 g/mol. The second-order valence-corrected chi connectivity index (χ2v) is 12.2. The number of carbonyl (C=O) groups is 2. The lowest BCUT2D eigenvalue weighted by molar-refractivity contribution is -0.135. The first-order chi connectivity index (χ1) is 19.1. The third-order valence-corrected chi connectivity index (χ3v) is 7.29. The Morgan fingerprint density at radius 3 is 2.51 bits per heavy atom.